The molecule has 2 aromatic heterocycles. The summed E-state index contributed by atoms with van der Waals surface area (Å²) in [6, 6.07) is -0.337. The van der Waals surface area contributed by atoms with Crippen molar-refractivity contribution in [2.75, 3.05) is 25.2 Å². The number of anilines is 1. The Morgan fingerprint density at radius 1 is 1.40 bits per heavy atom. The van der Waals surface area contributed by atoms with E-state index in [1.807, 2.05) is 0 Å². The largest absolute Gasteiger partial charge is 0.462 e. The van der Waals surface area contributed by atoms with E-state index >= 15 is 0 Å². The molecule has 12 nitrogen and oxygen atoms in total. The van der Waals surface area contributed by atoms with Gasteiger partial charge in [0, 0.05) is 18.8 Å². The molecule has 0 aromatic carbocycles. The number of rotatable bonds is 4. The predicted molar refractivity (Wildman–Crippen MR) is 105 cm³/mol. The standard InChI is InChI=1S/C18H23N7O5/c1-24-15-11-8(14(19)23-24)5-25(16(11)22-7-21-15)17-13(27)12(26)10(30-17)6-29-18(28)9-3-2-4-20-9/h5,7,9-10,12-13,17,20,26-27H,2-4,6H2,1H3,(H2,19,23)/t9-,10+,12+,13+,17+/m0/s1. The van der Waals surface area contributed by atoms with Gasteiger partial charge in [-0.15, -0.1) is 0 Å². The van der Waals surface area contributed by atoms with E-state index in [9.17, 15) is 15.0 Å². The average molecular weight is 417 g/mol. The van der Waals surface area contributed by atoms with Gasteiger partial charge in [-0.1, -0.05) is 0 Å². The minimum Gasteiger partial charge on any atom is -0.462 e. The van der Waals surface area contributed by atoms with E-state index in [2.05, 4.69) is 20.4 Å². The molecule has 0 unspecified atom stereocenters. The zero-order valence-electron chi connectivity index (χ0n) is 16.3. The van der Waals surface area contributed by atoms with E-state index in [-0.39, 0.29) is 24.5 Å². The lowest BCUT2D eigenvalue weighted by atomic mass is 10.1. The maximum atomic E-state index is 12.1. The highest BCUT2D eigenvalue weighted by atomic mass is 16.6. The zero-order valence-corrected chi connectivity index (χ0v) is 16.3. The number of hydrazone groups is 1. The smallest absolute Gasteiger partial charge is 0.323 e. The fourth-order valence-electron chi connectivity index (χ4n) is 4.21. The van der Waals surface area contributed by atoms with Crippen LogP contribution in [-0.2, 0) is 14.3 Å². The third kappa shape index (κ3) is 2.91. The van der Waals surface area contributed by atoms with Crippen LogP contribution in [0.3, 0.4) is 0 Å². The minimum atomic E-state index is -1.25. The molecule has 0 bridgehead atoms. The van der Waals surface area contributed by atoms with Crippen molar-refractivity contribution >= 4 is 28.7 Å². The van der Waals surface area contributed by atoms with Gasteiger partial charge in [0.25, 0.3) is 0 Å². The number of ether oxygens (including phenoxy) is 2. The van der Waals surface area contributed by atoms with E-state index < -0.39 is 24.5 Å². The minimum absolute atomic E-state index is 0.162. The van der Waals surface area contributed by atoms with E-state index in [1.54, 1.807) is 22.8 Å². The van der Waals surface area contributed by atoms with E-state index in [0.29, 0.717) is 22.4 Å². The topological polar surface area (TPSA) is 160 Å². The van der Waals surface area contributed by atoms with Crippen molar-refractivity contribution in [2.24, 2.45) is 10.8 Å². The highest BCUT2D eigenvalue weighted by Crippen LogP contribution is 2.37. The Kier molecular flexibility index (Phi) is 4.58. The molecule has 3 aliphatic rings. The summed E-state index contributed by atoms with van der Waals surface area (Å²) in [5.41, 5.74) is 7.17. The number of hydrogen-bond acceptors (Lipinski definition) is 11. The monoisotopic (exact) mass is 417 g/mol. The Labute approximate surface area is 171 Å². The molecule has 0 aliphatic carbocycles. The first-order valence-electron chi connectivity index (χ1n) is 9.81. The summed E-state index contributed by atoms with van der Waals surface area (Å²) >= 11 is 0. The number of aliphatic hydroxyl groups is 2. The molecule has 5 N–H and O–H groups in total. The summed E-state index contributed by atoms with van der Waals surface area (Å²) in [4.78, 5) is 20.7. The van der Waals surface area contributed by atoms with Crippen LogP contribution in [0.1, 0.15) is 24.6 Å². The summed E-state index contributed by atoms with van der Waals surface area (Å²) in [5, 5.41) is 30.6. The maximum absolute atomic E-state index is 12.1. The summed E-state index contributed by atoms with van der Waals surface area (Å²) in [5.74, 6) is 0.474. The Bertz CT molecular complexity index is 1020. The van der Waals surface area contributed by atoms with Crippen molar-refractivity contribution < 1.29 is 24.5 Å². The molecule has 2 aromatic rings. The van der Waals surface area contributed by atoms with Crippen LogP contribution in [0, 0.1) is 0 Å². The van der Waals surface area contributed by atoms with Crippen LogP contribution in [0.4, 0.5) is 5.82 Å². The van der Waals surface area contributed by atoms with Crippen molar-refractivity contribution in [1.82, 2.24) is 19.9 Å². The van der Waals surface area contributed by atoms with Crippen LogP contribution in [-0.4, -0.2) is 81.1 Å². The van der Waals surface area contributed by atoms with Gasteiger partial charge >= 0.3 is 5.97 Å². The summed E-state index contributed by atoms with van der Waals surface area (Å²) in [7, 11) is 1.73. The van der Waals surface area contributed by atoms with Crippen molar-refractivity contribution in [3.05, 3.63) is 18.1 Å². The average Bonchev–Trinajstić information content (AvgIpc) is 3.45. The van der Waals surface area contributed by atoms with Crippen LogP contribution < -0.4 is 16.1 Å². The molecule has 30 heavy (non-hydrogen) atoms. The predicted octanol–water partition coefficient (Wildman–Crippen LogP) is -1.58. The molecule has 0 amide bonds. The van der Waals surface area contributed by atoms with Gasteiger partial charge in [-0.05, 0) is 19.4 Å². The van der Waals surface area contributed by atoms with E-state index in [1.165, 1.54) is 6.33 Å². The number of amidine groups is 1. The van der Waals surface area contributed by atoms with Gasteiger partial charge in [0.05, 0.1) is 5.39 Å². The fraction of sp³-hybridized carbons (Fsp3) is 0.556. The second-order valence-corrected chi connectivity index (χ2v) is 7.68. The molecule has 0 spiro atoms. The van der Waals surface area contributed by atoms with Crippen LogP contribution in [0.15, 0.2) is 17.6 Å². The van der Waals surface area contributed by atoms with Crippen molar-refractivity contribution in [3.8, 4) is 0 Å². The van der Waals surface area contributed by atoms with Gasteiger partial charge in [-0.2, -0.15) is 5.10 Å². The van der Waals surface area contributed by atoms with Crippen LogP contribution in [0.5, 0.6) is 0 Å². The molecule has 12 heteroatoms. The normalized spacial score (nSPS) is 30.7. The molecule has 5 atom stereocenters. The lowest BCUT2D eigenvalue weighted by Crippen LogP contribution is -2.37. The molecule has 2 saturated heterocycles. The van der Waals surface area contributed by atoms with Crippen molar-refractivity contribution in [1.29, 1.82) is 0 Å². The van der Waals surface area contributed by atoms with Gasteiger partial charge in [-0.3, -0.25) is 4.79 Å². The third-order valence-electron chi connectivity index (χ3n) is 5.78. The number of esters is 1. The second-order valence-electron chi connectivity index (χ2n) is 7.68. The molecule has 2 fully saturated rings. The maximum Gasteiger partial charge on any atom is 0.323 e. The molecule has 5 heterocycles. The van der Waals surface area contributed by atoms with Gasteiger partial charge in [0.2, 0.25) is 0 Å². The lowest BCUT2D eigenvalue weighted by Gasteiger charge is -2.19. The van der Waals surface area contributed by atoms with Crippen molar-refractivity contribution in [2.45, 2.75) is 43.4 Å². The van der Waals surface area contributed by atoms with E-state index in [4.69, 9.17) is 15.2 Å². The number of nitrogens with one attached hydrogen (secondary N) is 1. The van der Waals surface area contributed by atoms with E-state index in [0.717, 1.165) is 19.4 Å². The zero-order chi connectivity index (χ0) is 21.0. The molecule has 160 valence electrons. The number of aliphatic hydroxyl groups excluding tert-OH is 2. The molecular weight excluding hydrogens is 394 g/mol. The second kappa shape index (κ2) is 7.16. The van der Waals surface area contributed by atoms with Crippen LogP contribution >= 0.6 is 0 Å². The van der Waals surface area contributed by atoms with Crippen molar-refractivity contribution in [3.63, 3.8) is 0 Å². The first-order valence-corrected chi connectivity index (χ1v) is 9.81. The Morgan fingerprint density at radius 2 is 2.23 bits per heavy atom. The molecular formula is C18H23N7O5. The Balaban J connectivity index is 1.39. The quantitative estimate of drug-likeness (QED) is 0.427. The van der Waals surface area contributed by atoms with Crippen LogP contribution in [0.2, 0.25) is 0 Å². The lowest BCUT2D eigenvalue weighted by molar-refractivity contribution is -0.152. The summed E-state index contributed by atoms with van der Waals surface area (Å²) in [6.45, 7) is 0.613. The number of nitrogens with zero attached hydrogens (tertiary/aromatic N) is 5. The molecule has 0 radical (unpaired) electrons. The highest BCUT2D eigenvalue weighted by Gasteiger charge is 2.45. The number of carbonyl (C=O) groups is 1. The van der Waals surface area contributed by atoms with Gasteiger partial charge in [0.1, 0.15) is 42.9 Å². The number of carbonyl (C=O) groups excluding carboxylic acids is 1. The summed E-state index contributed by atoms with van der Waals surface area (Å²) < 4.78 is 12.8. The van der Waals surface area contributed by atoms with Gasteiger partial charge in [0.15, 0.2) is 17.9 Å². The third-order valence-corrected chi connectivity index (χ3v) is 5.78. The number of nitrogens with two attached hydrogens (primary N) is 1. The first-order chi connectivity index (χ1) is 14.5. The van der Waals surface area contributed by atoms with Crippen LogP contribution in [0.25, 0.3) is 11.0 Å². The SMILES string of the molecule is CN1N=C(N)c2cn([C@@H]3O[C@H](COC(=O)[C@@H]4CCCN4)[C@@H](O)[C@H]3O)c3ncnc1c23. The molecule has 5 rings (SSSR count). The molecule has 0 saturated carbocycles. The highest BCUT2D eigenvalue weighted by molar-refractivity contribution is 6.13. The number of aromatic nitrogens is 3. The molecule has 3 aliphatic heterocycles. The summed E-state index contributed by atoms with van der Waals surface area (Å²) in [6.07, 6.45) is 0.383. The Hall–Kier alpha value is -2.80. The van der Waals surface area contributed by atoms with Gasteiger partial charge in [-0.25, -0.2) is 15.0 Å². The number of hydrogen-bond donors (Lipinski definition) is 4. The fourth-order valence-corrected chi connectivity index (χ4v) is 4.21. The Morgan fingerprint density at radius 3 is 3.00 bits per heavy atom. The first kappa shape index (κ1) is 19.2. The van der Waals surface area contributed by atoms with Gasteiger partial charge < -0.3 is 35.3 Å².